The van der Waals surface area contributed by atoms with Gasteiger partial charge in [0, 0.05) is 23.2 Å². The van der Waals surface area contributed by atoms with Crippen LogP contribution in [0.3, 0.4) is 0 Å². The Balaban J connectivity index is 1.58. The van der Waals surface area contributed by atoms with Crippen molar-refractivity contribution in [1.82, 2.24) is 10.3 Å². The third-order valence-corrected chi connectivity index (χ3v) is 4.67. The van der Waals surface area contributed by atoms with E-state index in [4.69, 9.17) is 9.47 Å². The van der Waals surface area contributed by atoms with Crippen LogP contribution in [0.2, 0.25) is 0 Å². The first kappa shape index (κ1) is 20.1. The summed E-state index contributed by atoms with van der Waals surface area (Å²) in [6.07, 6.45) is 2.96. The van der Waals surface area contributed by atoms with E-state index in [1.165, 1.54) is 0 Å². The predicted octanol–water partition coefficient (Wildman–Crippen LogP) is 4.53. The number of amides is 1. The van der Waals surface area contributed by atoms with E-state index in [0.717, 1.165) is 29.3 Å². The molecular formula is C22H28N2O4. The van der Waals surface area contributed by atoms with E-state index in [1.54, 1.807) is 6.20 Å². The summed E-state index contributed by atoms with van der Waals surface area (Å²) >= 11 is 0. The van der Waals surface area contributed by atoms with Gasteiger partial charge in [0.25, 0.3) is 0 Å². The van der Waals surface area contributed by atoms with E-state index in [-0.39, 0.29) is 18.4 Å². The number of carbonyl (C=O) groups is 2. The van der Waals surface area contributed by atoms with Gasteiger partial charge in [-0.25, -0.2) is 4.79 Å². The zero-order valence-corrected chi connectivity index (χ0v) is 16.9. The van der Waals surface area contributed by atoms with Crippen LogP contribution >= 0.6 is 0 Å². The fourth-order valence-corrected chi connectivity index (χ4v) is 3.10. The first-order valence-electron chi connectivity index (χ1n) is 9.75. The van der Waals surface area contributed by atoms with Crippen molar-refractivity contribution in [2.24, 2.45) is 5.92 Å². The van der Waals surface area contributed by atoms with Crippen LogP contribution in [-0.4, -0.2) is 28.7 Å². The van der Waals surface area contributed by atoms with Crippen LogP contribution in [-0.2, 0) is 14.3 Å². The zero-order valence-electron chi connectivity index (χ0n) is 16.9. The molecule has 0 spiro atoms. The van der Waals surface area contributed by atoms with Gasteiger partial charge in [-0.15, -0.1) is 0 Å². The monoisotopic (exact) mass is 384 g/mol. The Kier molecular flexibility index (Phi) is 5.87. The molecule has 1 heterocycles. The van der Waals surface area contributed by atoms with Gasteiger partial charge >= 0.3 is 12.1 Å². The average Bonchev–Trinajstić information content (AvgIpc) is 3.44. The van der Waals surface area contributed by atoms with Gasteiger partial charge in [-0.1, -0.05) is 18.2 Å². The number of benzene rings is 1. The van der Waals surface area contributed by atoms with Crippen LogP contribution in [0, 0.1) is 5.92 Å². The highest BCUT2D eigenvalue weighted by atomic mass is 16.6. The third kappa shape index (κ3) is 5.68. The molecule has 1 fully saturated rings. The van der Waals surface area contributed by atoms with Crippen molar-refractivity contribution in [3.05, 3.63) is 42.1 Å². The highest BCUT2D eigenvalue weighted by Crippen LogP contribution is 2.34. The van der Waals surface area contributed by atoms with Crippen molar-refractivity contribution in [1.29, 1.82) is 0 Å². The molecule has 28 heavy (non-hydrogen) atoms. The number of nitrogens with one attached hydrogen (secondary N) is 1. The van der Waals surface area contributed by atoms with Gasteiger partial charge in [-0.3, -0.25) is 9.78 Å². The highest BCUT2D eigenvalue weighted by molar-refractivity contribution is 5.79. The number of esters is 1. The van der Waals surface area contributed by atoms with Crippen LogP contribution in [0.25, 0.3) is 10.9 Å². The highest BCUT2D eigenvalue weighted by Gasteiger charge is 2.35. The first-order valence-corrected chi connectivity index (χ1v) is 9.75. The van der Waals surface area contributed by atoms with Gasteiger partial charge < -0.3 is 14.8 Å². The molecule has 1 aromatic heterocycles. The molecule has 2 atom stereocenters. The number of alkyl carbamates (subject to hydrolysis) is 1. The summed E-state index contributed by atoms with van der Waals surface area (Å²) < 4.78 is 10.9. The van der Waals surface area contributed by atoms with Crippen molar-refractivity contribution in [3.63, 3.8) is 0 Å². The van der Waals surface area contributed by atoms with E-state index >= 15 is 0 Å². The Bertz CT molecular complexity index is 855. The Hall–Kier alpha value is -2.63. The molecule has 1 aliphatic rings. The van der Waals surface area contributed by atoms with E-state index in [0.29, 0.717) is 5.92 Å². The Labute approximate surface area is 165 Å². The van der Waals surface area contributed by atoms with E-state index in [1.807, 2.05) is 58.0 Å². The minimum atomic E-state index is -0.573. The predicted molar refractivity (Wildman–Crippen MR) is 107 cm³/mol. The third-order valence-electron chi connectivity index (χ3n) is 4.67. The summed E-state index contributed by atoms with van der Waals surface area (Å²) in [5.41, 5.74) is 1.17. The molecule has 0 bridgehead atoms. The number of rotatable bonds is 6. The lowest BCUT2D eigenvalue weighted by Crippen LogP contribution is -2.41. The maximum atomic E-state index is 12.5. The molecule has 1 N–H and O–H groups in total. The van der Waals surface area contributed by atoms with Crippen molar-refractivity contribution in [2.45, 2.75) is 64.7 Å². The molecule has 1 aliphatic carbocycles. The zero-order chi connectivity index (χ0) is 20.3. The second kappa shape index (κ2) is 8.17. The van der Waals surface area contributed by atoms with Crippen molar-refractivity contribution < 1.29 is 19.1 Å². The normalized spacial score (nSPS) is 16.3. The number of nitrogens with zero attached hydrogens (tertiary/aromatic N) is 1. The smallest absolute Gasteiger partial charge is 0.407 e. The molecule has 150 valence electrons. The fraction of sp³-hybridized carbons (Fsp3) is 0.500. The van der Waals surface area contributed by atoms with Gasteiger partial charge in [0.2, 0.25) is 0 Å². The number of fused-ring (bicyclic) bond motifs is 1. The van der Waals surface area contributed by atoms with Gasteiger partial charge in [0.05, 0.1) is 11.9 Å². The van der Waals surface area contributed by atoms with E-state index in [9.17, 15) is 9.59 Å². The summed E-state index contributed by atoms with van der Waals surface area (Å²) in [5, 5.41) is 3.83. The number of aromatic nitrogens is 1. The molecule has 6 nitrogen and oxygen atoms in total. The van der Waals surface area contributed by atoms with Gasteiger partial charge in [0.15, 0.2) is 0 Å². The molecule has 0 unspecified atom stereocenters. The van der Waals surface area contributed by atoms with Gasteiger partial charge in [0.1, 0.15) is 11.7 Å². The second-order valence-electron chi connectivity index (χ2n) is 8.39. The van der Waals surface area contributed by atoms with Crippen molar-refractivity contribution in [2.75, 3.05) is 0 Å². The van der Waals surface area contributed by atoms with Crippen LogP contribution in [0.15, 0.2) is 36.5 Å². The van der Waals surface area contributed by atoms with Crippen LogP contribution in [0.4, 0.5) is 4.79 Å². The molecule has 0 aliphatic heterocycles. The maximum Gasteiger partial charge on any atom is 0.407 e. The largest absolute Gasteiger partial charge is 0.458 e. The molecule has 0 radical (unpaired) electrons. The molecule has 1 aromatic carbocycles. The lowest BCUT2D eigenvalue weighted by Gasteiger charge is -2.23. The Morgan fingerprint density at radius 3 is 2.64 bits per heavy atom. The average molecular weight is 384 g/mol. The molecule has 1 amide bonds. The van der Waals surface area contributed by atoms with Gasteiger partial charge in [-0.05, 0) is 58.6 Å². The topological polar surface area (TPSA) is 77.5 Å². The summed E-state index contributed by atoms with van der Waals surface area (Å²) in [6.45, 7) is 7.27. The summed E-state index contributed by atoms with van der Waals surface area (Å²) in [6, 6.07) is 9.54. The number of pyridine rings is 1. The number of para-hydroxylation sites is 1. The van der Waals surface area contributed by atoms with Crippen LogP contribution in [0.1, 0.15) is 58.6 Å². The SMILES string of the molecule is C[C@@H](OC(=O)C[C@H](NC(=O)OC(C)(C)C)C1CC1)c1cnc2ccccc2c1. The molecular weight excluding hydrogens is 356 g/mol. The van der Waals surface area contributed by atoms with Crippen molar-refractivity contribution >= 4 is 23.0 Å². The number of hydrogen-bond acceptors (Lipinski definition) is 5. The van der Waals surface area contributed by atoms with Crippen molar-refractivity contribution in [3.8, 4) is 0 Å². The summed E-state index contributed by atoms with van der Waals surface area (Å²) in [5.74, 6) is -0.0358. The molecule has 1 saturated carbocycles. The van der Waals surface area contributed by atoms with E-state index in [2.05, 4.69) is 10.3 Å². The number of hydrogen-bond donors (Lipinski definition) is 1. The first-order chi connectivity index (χ1) is 13.2. The maximum absolute atomic E-state index is 12.5. The molecule has 0 saturated heterocycles. The second-order valence-corrected chi connectivity index (χ2v) is 8.39. The number of ether oxygens (including phenoxy) is 2. The Morgan fingerprint density at radius 1 is 1.25 bits per heavy atom. The summed E-state index contributed by atoms with van der Waals surface area (Å²) in [4.78, 5) is 28.9. The minimum absolute atomic E-state index is 0.134. The quantitative estimate of drug-likeness (QED) is 0.740. The van der Waals surface area contributed by atoms with Crippen LogP contribution < -0.4 is 5.32 Å². The van der Waals surface area contributed by atoms with Gasteiger partial charge in [-0.2, -0.15) is 0 Å². The van der Waals surface area contributed by atoms with Crippen LogP contribution in [0.5, 0.6) is 0 Å². The van der Waals surface area contributed by atoms with E-state index < -0.39 is 17.8 Å². The molecule has 3 rings (SSSR count). The fourth-order valence-electron chi connectivity index (χ4n) is 3.10. The minimum Gasteiger partial charge on any atom is -0.458 e. The Morgan fingerprint density at radius 2 is 1.96 bits per heavy atom. The molecule has 2 aromatic rings. The lowest BCUT2D eigenvalue weighted by atomic mass is 10.1. The standard InChI is InChI=1S/C22H28N2O4/c1-14(17-11-16-7-5-6-8-18(16)23-13-17)27-20(25)12-19(15-9-10-15)24-21(26)28-22(2,3)4/h5-8,11,13-15,19H,9-10,12H2,1-4H3,(H,24,26)/t14-,19+/m1/s1. The number of carbonyl (C=O) groups excluding carboxylic acids is 2. The summed E-state index contributed by atoms with van der Waals surface area (Å²) in [7, 11) is 0. The molecule has 6 heteroatoms. The lowest BCUT2D eigenvalue weighted by molar-refractivity contribution is -0.149.